The molecule has 0 spiro atoms. The van der Waals surface area contributed by atoms with Crippen LogP contribution in [0.5, 0.6) is 0 Å². The average Bonchev–Trinajstić information content (AvgIpc) is 3.42. The van der Waals surface area contributed by atoms with E-state index in [4.69, 9.17) is 11.5 Å². The molecule has 0 radical (unpaired) electrons. The minimum absolute atomic E-state index is 0.216. The molecule has 3 rings (SSSR count). The van der Waals surface area contributed by atoms with Gasteiger partial charge in [-0.25, -0.2) is 23.2 Å². The summed E-state index contributed by atoms with van der Waals surface area (Å²) in [6.07, 6.45) is 2.28. The van der Waals surface area contributed by atoms with Gasteiger partial charge in [0.1, 0.15) is 10.6 Å². The highest BCUT2D eigenvalue weighted by molar-refractivity contribution is 7.91. The predicted molar refractivity (Wildman–Crippen MR) is 104 cm³/mol. The van der Waals surface area contributed by atoms with Crippen LogP contribution in [0.4, 0.5) is 16.3 Å². The molecule has 9 nitrogen and oxygen atoms in total. The Bertz CT molecular complexity index is 955. The molecule has 0 unspecified atom stereocenters. The summed E-state index contributed by atoms with van der Waals surface area (Å²) in [5.41, 5.74) is 12.9. The molecule has 2 amide bonds. The summed E-state index contributed by atoms with van der Waals surface area (Å²) >= 11 is 0. The number of aromatic nitrogens is 2. The zero-order valence-electron chi connectivity index (χ0n) is 14.9. The maximum absolute atomic E-state index is 12.1. The molecule has 0 bridgehead atoms. The molecule has 144 valence electrons. The molecular weight excluding hydrogens is 368 g/mol. The maximum Gasteiger partial charge on any atom is 0.319 e. The van der Waals surface area contributed by atoms with E-state index in [9.17, 15) is 13.2 Å². The van der Waals surface area contributed by atoms with Crippen LogP contribution in [0, 0.1) is 0 Å². The largest absolute Gasteiger partial charge is 0.384 e. The minimum Gasteiger partial charge on any atom is -0.384 e. The zero-order valence-corrected chi connectivity index (χ0v) is 15.7. The van der Waals surface area contributed by atoms with Crippen molar-refractivity contribution in [3.8, 4) is 11.4 Å². The number of amides is 2. The number of nitrogens with two attached hydrogens (primary N) is 2. The summed E-state index contributed by atoms with van der Waals surface area (Å²) in [4.78, 5) is 20.3. The van der Waals surface area contributed by atoms with Crippen molar-refractivity contribution in [2.75, 3.05) is 30.4 Å². The summed E-state index contributed by atoms with van der Waals surface area (Å²) in [5.74, 6) is 0.562. The number of rotatable bonds is 6. The Balaban J connectivity index is 1.84. The number of urea groups is 1. The van der Waals surface area contributed by atoms with Crippen molar-refractivity contribution in [2.45, 2.75) is 17.6 Å². The SMILES string of the molecule is CS(=O)(=O)C1(c2cc(N)nc(-c3ccc(NC(=O)NCCN)cc3)n2)CC1. The lowest BCUT2D eigenvalue weighted by atomic mass is 10.1. The molecule has 0 saturated heterocycles. The number of anilines is 2. The predicted octanol–water partition coefficient (Wildman–Crippen LogP) is 0.840. The molecule has 1 heterocycles. The summed E-state index contributed by atoms with van der Waals surface area (Å²) in [6.45, 7) is 0.738. The molecule has 1 aromatic heterocycles. The summed E-state index contributed by atoms with van der Waals surface area (Å²) in [7, 11) is -3.30. The molecule has 6 N–H and O–H groups in total. The van der Waals surface area contributed by atoms with Gasteiger partial charge in [-0.05, 0) is 37.1 Å². The maximum atomic E-state index is 12.1. The fraction of sp³-hybridized carbons (Fsp3) is 0.353. The highest BCUT2D eigenvalue weighted by atomic mass is 32.2. The van der Waals surface area contributed by atoms with Crippen LogP contribution in [0.25, 0.3) is 11.4 Å². The lowest BCUT2D eigenvalue weighted by Crippen LogP contribution is -2.32. The summed E-state index contributed by atoms with van der Waals surface area (Å²) in [5, 5.41) is 5.29. The first-order valence-corrected chi connectivity index (χ1v) is 10.3. The quantitative estimate of drug-likeness (QED) is 0.570. The van der Waals surface area contributed by atoms with Gasteiger partial charge in [-0.3, -0.25) is 0 Å². The summed E-state index contributed by atoms with van der Waals surface area (Å²) < 4.78 is 23.3. The lowest BCUT2D eigenvalue weighted by Gasteiger charge is -2.14. The van der Waals surface area contributed by atoms with Crippen LogP contribution < -0.4 is 22.1 Å². The molecular formula is C17H22N6O3S. The first-order chi connectivity index (χ1) is 12.7. The molecule has 2 aromatic rings. The van der Waals surface area contributed by atoms with Crippen LogP contribution in [0.2, 0.25) is 0 Å². The van der Waals surface area contributed by atoms with Crippen molar-refractivity contribution in [2.24, 2.45) is 5.73 Å². The Labute approximate surface area is 157 Å². The Hall–Kier alpha value is -2.72. The smallest absolute Gasteiger partial charge is 0.319 e. The highest BCUT2D eigenvalue weighted by Gasteiger charge is 2.55. The molecule has 10 heteroatoms. The van der Waals surface area contributed by atoms with Gasteiger partial charge in [0.05, 0.1) is 5.69 Å². The van der Waals surface area contributed by atoms with Crippen LogP contribution in [0.1, 0.15) is 18.5 Å². The average molecular weight is 390 g/mol. The molecule has 1 aliphatic carbocycles. The third-order valence-electron chi connectivity index (χ3n) is 4.46. The second kappa shape index (κ2) is 7.12. The Morgan fingerprint density at radius 2 is 1.89 bits per heavy atom. The lowest BCUT2D eigenvalue weighted by molar-refractivity contribution is 0.252. The third kappa shape index (κ3) is 4.01. The van der Waals surface area contributed by atoms with Crippen molar-refractivity contribution in [3.05, 3.63) is 36.0 Å². The van der Waals surface area contributed by atoms with Gasteiger partial charge in [-0.1, -0.05) is 0 Å². The molecule has 0 atom stereocenters. The molecule has 27 heavy (non-hydrogen) atoms. The number of sulfone groups is 1. The standard InChI is InChI=1S/C17H22N6O3S/c1-27(25,26)17(6-7-17)13-10-14(19)23-15(22-13)11-2-4-12(5-3-11)21-16(24)20-9-8-18/h2-5,10H,6-9,18H2,1H3,(H2,19,22,23)(H2,20,21,24). The number of nitrogens with one attached hydrogen (secondary N) is 2. The second-order valence-electron chi connectivity index (χ2n) is 6.52. The fourth-order valence-corrected chi connectivity index (χ4v) is 4.15. The Morgan fingerprint density at radius 1 is 1.22 bits per heavy atom. The normalized spacial score (nSPS) is 15.2. The van der Waals surface area contributed by atoms with Gasteiger partial charge >= 0.3 is 6.03 Å². The molecule has 1 aliphatic rings. The van der Waals surface area contributed by atoms with E-state index in [2.05, 4.69) is 20.6 Å². The van der Waals surface area contributed by atoms with Crippen LogP contribution >= 0.6 is 0 Å². The number of carbonyl (C=O) groups is 1. The van der Waals surface area contributed by atoms with E-state index in [-0.39, 0.29) is 11.8 Å². The van der Waals surface area contributed by atoms with Crippen molar-refractivity contribution in [1.29, 1.82) is 0 Å². The van der Waals surface area contributed by atoms with Crippen molar-refractivity contribution >= 4 is 27.4 Å². The van der Waals surface area contributed by atoms with Crippen molar-refractivity contribution in [3.63, 3.8) is 0 Å². The number of carbonyl (C=O) groups excluding carboxylic acids is 1. The van der Waals surface area contributed by atoms with Gasteiger partial charge in [-0.2, -0.15) is 0 Å². The number of nitrogens with zero attached hydrogens (tertiary/aromatic N) is 2. The van der Waals surface area contributed by atoms with E-state index < -0.39 is 14.6 Å². The molecule has 1 aromatic carbocycles. The van der Waals surface area contributed by atoms with Crippen molar-refractivity contribution in [1.82, 2.24) is 15.3 Å². The Morgan fingerprint density at radius 3 is 2.44 bits per heavy atom. The monoisotopic (exact) mass is 390 g/mol. The van der Waals surface area contributed by atoms with E-state index in [0.717, 1.165) is 0 Å². The van der Waals surface area contributed by atoms with E-state index in [1.807, 2.05) is 0 Å². The Kier molecular flexibility index (Phi) is 5.03. The van der Waals surface area contributed by atoms with Crippen LogP contribution in [0.15, 0.2) is 30.3 Å². The van der Waals surface area contributed by atoms with Gasteiger partial charge in [-0.15, -0.1) is 0 Å². The van der Waals surface area contributed by atoms with Crippen LogP contribution in [-0.2, 0) is 14.6 Å². The zero-order chi connectivity index (χ0) is 19.7. The van der Waals surface area contributed by atoms with E-state index in [1.165, 1.54) is 12.3 Å². The third-order valence-corrected chi connectivity index (χ3v) is 6.49. The van der Waals surface area contributed by atoms with E-state index in [0.29, 0.717) is 48.7 Å². The number of hydrogen-bond acceptors (Lipinski definition) is 7. The fourth-order valence-electron chi connectivity index (χ4n) is 2.82. The molecule has 1 saturated carbocycles. The van der Waals surface area contributed by atoms with Gasteiger partial charge < -0.3 is 22.1 Å². The first kappa shape index (κ1) is 19.1. The van der Waals surface area contributed by atoms with Gasteiger partial charge in [0.25, 0.3) is 0 Å². The number of nitrogen functional groups attached to an aromatic ring is 1. The second-order valence-corrected chi connectivity index (χ2v) is 8.84. The van der Waals surface area contributed by atoms with Gasteiger partial charge in [0, 0.05) is 36.7 Å². The van der Waals surface area contributed by atoms with Gasteiger partial charge in [0.15, 0.2) is 15.7 Å². The number of hydrogen-bond donors (Lipinski definition) is 4. The first-order valence-electron chi connectivity index (χ1n) is 8.45. The van der Waals surface area contributed by atoms with Crippen LogP contribution in [0.3, 0.4) is 0 Å². The molecule has 0 aliphatic heterocycles. The summed E-state index contributed by atoms with van der Waals surface area (Å²) in [6, 6.07) is 8.04. The minimum atomic E-state index is -3.30. The number of benzene rings is 1. The molecule has 1 fully saturated rings. The van der Waals surface area contributed by atoms with Gasteiger partial charge in [0.2, 0.25) is 0 Å². The van der Waals surface area contributed by atoms with Crippen molar-refractivity contribution < 1.29 is 13.2 Å². The van der Waals surface area contributed by atoms with E-state index >= 15 is 0 Å². The van der Waals surface area contributed by atoms with Crippen LogP contribution in [-0.4, -0.2) is 43.8 Å². The highest BCUT2D eigenvalue weighted by Crippen LogP contribution is 2.52. The van der Waals surface area contributed by atoms with E-state index in [1.54, 1.807) is 24.3 Å². The topological polar surface area (TPSA) is 153 Å².